The lowest BCUT2D eigenvalue weighted by molar-refractivity contribution is -0.193. The first-order valence-electron chi connectivity index (χ1n) is 11.7. The molecule has 4 rings (SSSR count). The first-order chi connectivity index (χ1) is 17.0. The molecular weight excluding hydrogens is 516 g/mol. The number of alkyl halides is 6. The highest BCUT2D eigenvalue weighted by molar-refractivity contribution is 5.73. The van der Waals surface area contributed by atoms with Crippen LogP contribution in [0, 0.1) is 13.8 Å². The van der Waals surface area contributed by atoms with Crippen LogP contribution in [0.2, 0.25) is 0 Å². The number of carbonyl (C=O) groups is 2. The number of piperidine rings is 1. The third kappa shape index (κ3) is 9.14. The van der Waals surface area contributed by atoms with Crippen LogP contribution in [0.25, 0.3) is 0 Å². The van der Waals surface area contributed by atoms with Crippen LogP contribution in [0.4, 0.5) is 26.3 Å². The molecule has 9 nitrogen and oxygen atoms in total. The van der Waals surface area contributed by atoms with Crippen molar-refractivity contribution in [3.8, 4) is 0 Å². The van der Waals surface area contributed by atoms with Crippen molar-refractivity contribution in [2.24, 2.45) is 0 Å². The fourth-order valence-electron chi connectivity index (χ4n) is 4.58. The lowest BCUT2D eigenvalue weighted by atomic mass is 9.87. The Hall–Kier alpha value is -2.39. The average Bonchev–Trinajstić information content (AvgIpc) is 3.53. The summed E-state index contributed by atoms with van der Waals surface area (Å²) in [7, 11) is 0. The number of ether oxygens (including phenoxy) is 1. The summed E-state index contributed by atoms with van der Waals surface area (Å²) in [4.78, 5) is 23.0. The number of carboxylic acids is 2. The van der Waals surface area contributed by atoms with E-state index in [4.69, 9.17) is 29.1 Å². The van der Waals surface area contributed by atoms with Gasteiger partial charge in [0.2, 0.25) is 0 Å². The molecule has 212 valence electrons. The molecule has 0 saturated carbocycles. The first-order valence-corrected chi connectivity index (χ1v) is 11.7. The normalized spacial score (nSPS) is 22.2. The zero-order valence-corrected chi connectivity index (χ0v) is 20.5. The van der Waals surface area contributed by atoms with Crippen molar-refractivity contribution in [3.63, 3.8) is 0 Å². The summed E-state index contributed by atoms with van der Waals surface area (Å²) in [5, 5.41) is 18.3. The van der Waals surface area contributed by atoms with Crippen LogP contribution in [-0.2, 0) is 20.9 Å². The molecule has 4 heterocycles. The van der Waals surface area contributed by atoms with Crippen LogP contribution in [0.15, 0.2) is 4.52 Å². The molecule has 0 aromatic carbocycles. The Morgan fingerprint density at radius 3 is 1.86 bits per heavy atom. The number of hydrogen-bond acceptors (Lipinski definition) is 7. The van der Waals surface area contributed by atoms with Crippen molar-refractivity contribution in [2.75, 3.05) is 32.8 Å². The van der Waals surface area contributed by atoms with Crippen molar-refractivity contribution < 1.29 is 55.4 Å². The zero-order chi connectivity index (χ0) is 28.0. The van der Waals surface area contributed by atoms with E-state index in [0.717, 1.165) is 37.7 Å². The van der Waals surface area contributed by atoms with E-state index in [1.54, 1.807) is 0 Å². The van der Waals surface area contributed by atoms with Crippen LogP contribution in [0.5, 0.6) is 0 Å². The van der Waals surface area contributed by atoms with E-state index in [0.29, 0.717) is 6.04 Å². The number of aryl methyl sites for hydroxylation is 2. The Morgan fingerprint density at radius 1 is 0.973 bits per heavy atom. The standard InChI is InChI=1S/C18H29N3O2.2C2HF3O2/c1-14-17(15(2)23-19-14)12-20-9-5-18(6-10-20)11-16(13-22-18)21-7-3-4-8-21;2*3-2(4,5)1(6)7/h16H,3-13H2,1-2H3;2*(H,6,7). The molecule has 3 saturated heterocycles. The predicted molar refractivity (Wildman–Crippen MR) is 116 cm³/mol. The molecule has 1 aromatic heterocycles. The van der Waals surface area contributed by atoms with Gasteiger partial charge in [0.15, 0.2) is 0 Å². The molecule has 3 fully saturated rings. The molecule has 0 aliphatic carbocycles. The van der Waals surface area contributed by atoms with Gasteiger partial charge in [-0.1, -0.05) is 5.16 Å². The number of rotatable bonds is 3. The van der Waals surface area contributed by atoms with Gasteiger partial charge in [-0.25, -0.2) is 9.59 Å². The van der Waals surface area contributed by atoms with Crippen LogP contribution in [-0.4, -0.2) is 93.9 Å². The van der Waals surface area contributed by atoms with E-state index in [1.165, 1.54) is 50.8 Å². The molecule has 0 radical (unpaired) electrons. The highest BCUT2D eigenvalue weighted by atomic mass is 19.4. The van der Waals surface area contributed by atoms with Crippen molar-refractivity contribution in [2.45, 2.75) is 76.5 Å². The molecule has 2 N–H and O–H groups in total. The molecule has 37 heavy (non-hydrogen) atoms. The Morgan fingerprint density at radius 2 is 1.46 bits per heavy atom. The van der Waals surface area contributed by atoms with Crippen LogP contribution >= 0.6 is 0 Å². The summed E-state index contributed by atoms with van der Waals surface area (Å²) >= 11 is 0. The maximum Gasteiger partial charge on any atom is 0.490 e. The minimum atomic E-state index is -5.08. The van der Waals surface area contributed by atoms with Gasteiger partial charge in [0.1, 0.15) is 5.76 Å². The summed E-state index contributed by atoms with van der Waals surface area (Å²) in [6.07, 6.45) is -3.85. The minimum Gasteiger partial charge on any atom is -0.475 e. The Bertz CT molecular complexity index is 862. The SMILES string of the molecule is Cc1noc(C)c1CN1CCC2(CC1)CC(N1CCCC1)CO2.O=C(O)C(F)(F)F.O=C(O)C(F)(F)F. The largest absolute Gasteiger partial charge is 0.490 e. The maximum absolute atomic E-state index is 10.6. The molecule has 3 aliphatic heterocycles. The highest BCUT2D eigenvalue weighted by Gasteiger charge is 2.44. The monoisotopic (exact) mass is 547 g/mol. The number of halogens is 6. The summed E-state index contributed by atoms with van der Waals surface area (Å²) < 4.78 is 75.1. The average molecular weight is 547 g/mol. The molecule has 1 aromatic rings. The molecule has 1 atom stereocenters. The molecule has 0 bridgehead atoms. The van der Waals surface area contributed by atoms with Crippen LogP contribution < -0.4 is 0 Å². The quantitative estimate of drug-likeness (QED) is 0.546. The number of aliphatic carboxylic acids is 2. The van der Waals surface area contributed by atoms with Gasteiger partial charge < -0.3 is 19.5 Å². The van der Waals surface area contributed by atoms with Gasteiger partial charge in [0, 0.05) is 31.2 Å². The lowest BCUT2D eigenvalue weighted by Crippen LogP contribution is -2.44. The predicted octanol–water partition coefficient (Wildman–Crippen LogP) is 3.78. The number of hydrogen-bond donors (Lipinski definition) is 2. The summed E-state index contributed by atoms with van der Waals surface area (Å²) in [5.74, 6) is -4.55. The number of likely N-dealkylation sites (tertiary alicyclic amines) is 2. The smallest absolute Gasteiger partial charge is 0.475 e. The van der Waals surface area contributed by atoms with E-state index in [-0.39, 0.29) is 5.60 Å². The fourth-order valence-corrected chi connectivity index (χ4v) is 4.58. The maximum atomic E-state index is 10.6. The second-order valence-corrected chi connectivity index (χ2v) is 9.28. The number of nitrogens with zero attached hydrogens (tertiary/aromatic N) is 3. The van der Waals surface area contributed by atoms with E-state index in [9.17, 15) is 26.3 Å². The summed E-state index contributed by atoms with van der Waals surface area (Å²) in [5.41, 5.74) is 2.46. The third-order valence-electron chi connectivity index (χ3n) is 6.66. The van der Waals surface area contributed by atoms with Crippen LogP contribution in [0.3, 0.4) is 0 Å². The first kappa shape index (κ1) is 30.8. The van der Waals surface area contributed by atoms with E-state index in [2.05, 4.69) is 15.0 Å². The second kappa shape index (κ2) is 12.4. The zero-order valence-electron chi connectivity index (χ0n) is 20.5. The highest BCUT2D eigenvalue weighted by Crippen LogP contribution is 2.38. The Balaban J connectivity index is 0.000000286. The van der Waals surface area contributed by atoms with Crippen LogP contribution in [0.1, 0.15) is 49.1 Å². The summed E-state index contributed by atoms with van der Waals surface area (Å²) in [6.45, 7) is 10.8. The van der Waals surface area contributed by atoms with Crippen molar-refractivity contribution in [1.29, 1.82) is 0 Å². The topological polar surface area (TPSA) is 116 Å². The van der Waals surface area contributed by atoms with Gasteiger partial charge in [-0.3, -0.25) is 9.80 Å². The van der Waals surface area contributed by atoms with Crippen molar-refractivity contribution >= 4 is 11.9 Å². The number of carboxylic acid groups (broad SMARTS) is 2. The minimum absolute atomic E-state index is 0.155. The van der Waals surface area contributed by atoms with Gasteiger partial charge in [0.25, 0.3) is 0 Å². The van der Waals surface area contributed by atoms with Gasteiger partial charge in [0.05, 0.1) is 17.9 Å². The van der Waals surface area contributed by atoms with E-state index < -0.39 is 24.3 Å². The summed E-state index contributed by atoms with van der Waals surface area (Å²) in [6, 6.07) is 0.673. The fraction of sp³-hybridized carbons (Fsp3) is 0.773. The second-order valence-electron chi connectivity index (χ2n) is 9.28. The van der Waals surface area contributed by atoms with Gasteiger partial charge >= 0.3 is 24.3 Å². The Labute approximate surface area is 209 Å². The Kier molecular flexibility index (Phi) is 10.4. The lowest BCUT2D eigenvalue weighted by Gasteiger charge is -2.39. The van der Waals surface area contributed by atoms with Crippen molar-refractivity contribution in [1.82, 2.24) is 15.0 Å². The molecule has 1 spiro atoms. The number of aromatic nitrogens is 1. The molecule has 0 amide bonds. The molecule has 3 aliphatic rings. The van der Waals surface area contributed by atoms with E-state index >= 15 is 0 Å². The van der Waals surface area contributed by atoms with E-state index in [1.807, 2.05) is 13.8 Å². The van der Waals surface area contributed by atoms with Crippen molar-refractivity contribution in [3.05, 3.63) is 17.0 Å². The molecular formula is C22H31F6N3O6. The van der Waals surface area contributed by atoms with Gasteiger partial charge in [-0.05, 0) is 59.0 Å². The molecule has 15 heteroatoms. The van der Waals surface area contributed by atoms with Gasteiger partial charge in [-0.15, -0.1) is 0 Å². The van der Waals surface area contributed by atoms with Gasteiger partial charge in [-0.2, -0.15) is 26.3 Å². The molecule has 1 unspecified atom stereocenters. The third-order valence-corrected chi connectivity index (χ3v) is 6.66.